The molecule has 0 aliphatic rings. The summed E-state index contributed by atoms with van der Waals surface area (Å²) in [5.41, 5.74) is 2.37. The van der Waals surface area contributed by atoms with E-state index in [1.165, 1.54) is 11.1 Å². The summed E-state index contributed by atoms with van der Waals surface area (Å²) in [5, 5.41) is 7.40. The smallest absolute Gasteiger partial charge is 0.190 e. The van der Waals surface area contributed by atoms with Gasteiger partial charge in [0.05, 0.1) is 14.2 Å². The minimum Gasteiger partial charge on any atom is -0.493 e. The molecule has 2 aromatic carbocycles. The maximum Gasteiger partial charge on any atom is 0.190 e. The molecule has 2 rings (SSSR count). The second kappa shape index (κ2) is 10.6. The lowest BCUT2D eigenvalue weighted by Crippen LogP contribution is -2.39. The molecule has 0 aliphatic heterocycles. The van der Waals surface area contributed by atoms with Crippen molar-refractivity contribution in [1.82, 2.24) is 10.6 Å². The number of hydrogen-bond acceptors (Lipinski definition) is 3. The quantitative estimate of drug-likeness (QED) is 0.549. The topological polar surface area (TPSA) is 54.9 Å². The third-order valence-corrected chi connectivity index (χ3v) is 4.21. The maximum atomic E-state index is 6.01. The molecule has 0 bridgehead atoms. The van der Waals surface area contributed by atoms with Gasteiger partial charge in [0.15, 0.2) is 17.5 Å². The second-order valence-electron chi connectivity index (χ2n) is 5.75. The molecule has 0 fully saturated rings. The van der Waals surface area contributed by atoms with Crippen molar-refractivity contribution in [2.75, 3.05) is 34.4 Å². The Kier molecular flexibility index (Phi) is 8.09. The van der Waals surface area contributed by atoms with Crippen LogP contribution in [0.2, 0.25) is 5.02 Å². The minimum atomic E-state index is 0.739. The number of benzene rings is 2. The summed E-state index contributed by atoms with van der Waals surface area (Å²) in [6.07, 6.45) is 1.74. The van der Waals surface area contributed by atoms with Crippen LogP contribution in [0.1, 0.15) is 11.1 Å². The Bertz CT molecular complexity index is 735. The fraction of sp³-hybridized carbons (Fsp3) is 0.350. The Labute approximate surface area is 160 Å². The molecular weight excluding hydrogens is 350 g/mol. The van der Waals surface area contributed by atoms with Crippen molar-refractivity contribution < 1.29 is 9.47 Å². The first kappa shape index (κ1) is 19.9. The Hall–Kier alpha value is -2.40. The number of methoxy groups -OCH3 is 2. The van der Waals surface area contributed by atoms with Crippen LogP contribution in [0.3, 0.4) is 0 Å². The third kappa shape index (κ3) is 6.15. The summed E-state index contributed by atoms with van der Waals surface area (Å²) in [5.74, 6) is 2.27. The summed E-state index contributed by atoms with van der Waals surface area (Å²) < 4.78 is 10.6. The molecule has 0 aliphatic carbocycles. The second-order valence-corrected chi connectivity index (χ2v) is 6.18. The van der Waals surface area contributed by atoms with Crippen molar-refractivity contribution in [2.24, 2.45) is 4.99 Å². The molecule has 0 amide bonds. The lowest BCUT2D eigenvalue weighted by atomic mass is 10.1. The van der Waals surface area contributed by atoms with Crippen LogP contribution in [0.25, 0.3) is 0 Å². The minimum absolute atomic E-state index is 0.739. The Balaban J connectivity index is 1.76. The number of nitrogens with one attached hydrogen (secondary N) is 2. The van der Waals surface area contributed by atoms with Crippen LogP contribution < -0.4 is 20.1 Å². The molecule has 0 saturated carbocycles. The summed E-state index contributed by atoms with van der Waals surface area (Å²) in [6, 6.07) is 13.9. The first-order valence-corrected chi connectivity index (χ1v) is 8.94. The molecule has 0 spiro atoms. The largest absolute Gasteiger partial charge is 0.493 e. The highest BCUT2D eigenvalue weighted by molar-refractivity contribution is 6.30. The molecule has 5 nitrogen and oxygen atoms in total. The van der Waals surface area contributed by atoms with Gasteiger partial charge in [-0.2, -0.15) is 0 Å². The number of hydrogen-bond donors (Lipinski definition) is 2. The van der Waals surface area contributed by atoms with Gasteiger partial charge in [-0.25, -0.2) is 0 Å². The summed E-state index contributed by atoms with van der Waals surface area (Å²) in [4.78, 5) is 4.25. The SMILES string of the molecule is CN=C(NCCc1cccc(Cl)c1)NCCc1ccc(OC)c(OC)c1. The fourth-order valence-corrected chi connectivity index (χ4v) is 2.81. The molecule has 0 unspecified atom stereocenters. The van der Waals surface area contributed by atoms with Gasteiger partial charge >= 0.3 is 0 Å². The molecule has 0 aromatic heterocycles. The van der Waals surface area contributed by atoms with E-state index < -0.39 is 0 Å². The van der Waals surface area contributed by atoms with E-state index in [0.717, 1.165) is 48.4 Å². The van der Waals surface area contributed by atoms with Crippen molar-refractivity contribution in [2.45, 2.75) is 12.8 Å². The monoisotopic (exact) mass is 375 g/mol. The van der Waals surface area contributed by atoms with Gasteiger partial charge < -0.3 is 20.1 Å². The predicted molar refractivity (Wildman–Crippen MR) is 108 cm³/mol. The molecule has 0 heterocycles. The van der Waals surface area contributed by atoms with Crippen LogP contribution in [-0.2, 0) is 12.8 Å². The van der Waals surface area contributed by atoms with Crippen molar-refractivity contribution in [1.29, 1.82) is 0 Å². The van der Waals surface area contributed by atoms with Gasteiger partial charge in [-0.1, -0.05) is 29.8 Å². The molecular formula is C20H26ClN3O2. The summed E-state index contributed by atoms with van der Waals surface area (Å²) >= 11 is 6.01. The van der Waals surface area contributed by atoms with Gasteiger partial charge in [0.2, 0.25) is 0 Å². The number of aliphatic imine (C=N–C) groups is 1. The highest BCUT2D eigenvalue weighted by Gasteiger charge is 2.05. The lowest BCUT2D eigenvalue weighted by molar-refractivity contribution is 0.354. The standard InChI is InChI=1S/C20H26ClN3O2/c1-22-20(23-11-9-15-5-4-6-17(21)13-15)24-12-10-16-7-8-18(25-2)19(14-16)26-3/h4-8,13-14H,9-12H2,1-3H3,(H2,22,23,24). The zero-order chi connectivity index (χ0) is 18.8. The van der Waals surface area contributed by atoms with Crippen LogP contribution >= 0.6 is 11.6 Å². The number of nitrogens with zero attached hydrogens (tertiary/aromatic N) is 1. The first-order valence-electron chi connectivity index (χ1n) is 8.56. The van der Waals surface area contributed by atoms with E-state index in [-0.39, 0.29) is 0 Å². The molecule has 140 valence electrons. The van der Waals surface area contributed by atoms with Crippen LogP contribution in [0.15, 0.2) is 47.5 Å². The van der Waals surface area contributed by atoms with Gasteiger partial charge in [0.1, 0.15) is 0 Å². The van der Waals surface area contributed by atoms with E-state index in [4.69, 9.17) is 21.1 Å². The van der Waals surface area contributed by atoms with Crippen molar-refractivity contribution in [3.05, 3.63) is 58.6 Å². The Morgan fingerprint density at radius 2 is 1.58 bits per heavy atom. The van der Waals surface area contributed by atoms with E-state index >= 15 is 0 Å². The highest BCUT2D eigenvalue weighted by atomic mass is 35.5. The van der Waals surface area contributed by atoms with E-state index in [2.05, 4.69) is 21.7 Å². The average molecular weight is 376 g/mol. The predicted octanol–water partition coefficient (Wildman–Crippen LogP) is 3.31. The van der Waals surface area contributed by atoms with E-state index in [0.29, 0.717) is 0 Å². The van der Waals surface area contributed by atoms with Crippen LogP contribution in [0, 0.1) is 0 Å². The van der Waals surface area contributed by atoms with Crippen LogP contribution in [-0.4, -0.2) is 40.3 Å². The number of guanidine groups is 1. The molecule has 0 atom stereocenters. The van der Waals surface area contributed by atoms with Crippen molar-refractivity contribution in [3.8, 4) is 11.5 Å². The Morgan fingerprint density at radius 1 is 0.923 bits per heavy atom. The maximum absolute atomic E-state index is 6.01. The molecule has 26 heavy (non-hydrogen) atoms. The number of rotatable bonds is 8. The van der Waals surface area contributed by atoms with Crippen molar-refractivity contribution >= 4 is 17.6 Å². The molecule has 2 N–H and O–H groups in total. The highest BCUT2D eigenvalue weighted by Crippen LogP contribution is 2.27. The normalized spacial score (nSPS) is 11.2. The van der Waals surface area contributed by atoms with E-state index in [9.17, 15) is 0 Å². The number of halogens is 1. The van der Waals surface area contributed by atoms with Gasteiger partial charge in [-0.3, -0.25) is 4.99 Å². The zero-order valence-electron chi connectivity index (χ0n) is 15.5. The van der Waals surface area contributed by atoms with E-state index in [1.54, 1.807) is 21.3 Å². The first-order chi connectivity index (χ1) is 12.7. The molecule has 0 saturated heterocycles. The third-order valence-electron chi connectivity index (χ3n) is 3.97. The van der Waals surface area contributed by atoms with Gasteiger partial charge in [0.25, 0.3) is 0 Å². The lowest BCUT2D eigenvalue weighted by Gasteiger charge is -2.13. The summed E-state index contributed by atoms with van der Waals surface area (Å²) in [6.45, 7) is 1.56. The molecule has 2 aromatic rings. The molecule has 6 heteroatoms. The fourth-order valence-electron chi connectivity index (χ4n) is 2.60. The van der Waals surface area contributed by atoms with Crippen LogP contribution in [0.5, 0.6) is 11.5 Å². The molecule has 0 radical (unpaired) electrons. The van der Waals surface area contributed by atoms with Crippen molar-refractivity contribution in [3.63, 3.8) is 0 Å². The van der Waals surface area contributed by atoms with E-state index in [1.807, 2.05) is 36.4 Å². The van der Waals surface area contributed by atoms with Gasteiger partial charge in [0, 0.05) is 25.2 Å². The Morgan fingerprint density at radius 3 is 2.15 bits per heavy atom. The number of ether oxygens (including phenoxy) is 2. The zero-order valence-corrected chi connectivity index (χ0v) is 16.3. The van der Waals surface area contributed by atoms with Crippen LogP contribution in [0.4, 0.5) is 0 Å². The average Bonchev–Trinajstić information content (AvgIpc) is 2.66. The van der Waals surface area contributed by atoms with Gasteiger partial charge in [-0.05, 0) is 48.2 Å². The summed E-state index contributed by atoms with van der Waals surface area (Å²) in [7, 11) is 5.05. The van der Waals surface area contributed by atoms with Gasteiger partial charge in [-0.15, -0.1) is 0 Å².